The normalized spacial score (nSPS) is 14.2. The number of nitro groups is 1. The van der Waals surface area contributed by atoms with Crippen molar-refractivity contribution in [2.75, 3.05) is 12.2 Å². The van der Waals surface area contributed by atoms with Gasteiger partial charge in [0.15, 0.2) is 0 Å². The Morgan fingerprint density at radius 3 is 2.87 bits per heavy atom. The second kappa shape index (κ2) is 3.32. The van der Waals surface area contributed by atoms with Gasteiger partial charge in [-0.3, -0.25) is 19.7 Å². The molecule has 0 fully saturated rings. The summed E-state index contributed by atoms with van der Waals surface area (Å²) in [6.45, 7) is 0. The molecule has 2 rings (SSSR count). The number of rotatable bonds is 2. The van der Waals surface area contributed by atoms with Gasteiger partial charge in [0.05, 0.1) is 29.7 Å². The van der Waals surface area contributed by atoms with E-state index in [-0.39, 0.29) is 18.0 Å². The number of benzene rings is 1. The van der Waals surface area contributed by atoms with Crippen molar-refractivity contribution in [2.45, 2.75) is 6.42 Å². The lowest BCUT2D eigenvalue weighted by Crippen LogP contribution is -2.24. The van der Waals surface area contributed by atoms with Crippen molar-refractivity contribution in [3.8, 4) is 0 Å². The molecule has 78 valence electrons. The van der Waals surface area contributed by atoms with Crippen molar-refractivity contribution in [1.29, 1.82) is 0 Å². The Labute approximate surface area is 85.2 Å². The number of hydrogen-bond acceptors (Lipinski definition) is 4. The number of hydroxylamine groups is 1. The summed E-state index contributed by atoms with van der Waals surface area (Å²) >= 11 is 0. The van der Waals surface area contributed by atoms with Crippen molar-refractivity contribution in [1.82, 2.24) is 0 Å². The number of anilines is 1. The van der Waals surface area contributed by atoms with Crippen LogP contribution >= 0.6 is 0 Å². The van der Waals surface area contributed by atoms with Gasteiger partial charge in [-0.05, 0) is 6.07 Å². The van der Waals surface area contributed by atoms with E-state index in [0.717, 1.165) is 5.06 Å². The van der Waals surface area contributed by atoms with E-state index in [0.29, 0.717) is 11.3 Å². The molecule has 1 amide bonds. The fourth-order valence-corrected chi connectivity index (χ4v) is 1.66. The van der Waals surface area contributed by atoms with Crippen LogP contribution in [-0.4, -0.2) is 17.9 Å². The molecule has 1 aliphatic rings. The van der Waals surface area contributed by atoms with Gasteiger partial charge in [-0.1, -0.05) is 6.07 Å². The van der Waals surface area contributed by atoms with Crippen LogP contribution in [0.15, 0.2) is 18.2 Å². The van der Waals surface area contributed by atoms with Crippen LogP contribution in [0.2, 0.25) is 0 Å². The molecule has 6 nitrogen and oxygen atoms in total. The van der Waals surface area contributed by atoms with Gasteiger partial charge in [-0.15, -0.1) is 0 Å². The third kappa shape index (κ3) is 1.35. The molecule has 0 aliphatic carbocycles. The molecule has 0 saturated carbocycles. The van der Waals surface area contributed by atoms with E-state index in [9.17, 15) is 14.9 Å². The Morgan fingerprint density at radius 1 is 1.53 bits per heavy atom. The molecule has 0 spiro atoms. The zero-order valence-electron chi connectivity index (χ0n) is 7.97. The molecule has 1 heterocycles. The zero-order valence-corrected chi connectivity index (χ0v) is 7.97. The third-order valence-corrected chi connectivity index (χ3v) is 2.28. The fourth-order valence-electron chi connectivity index (χ4n) is 1.66. The topological polar surface area (TPSA) is 72.7 Å². The van der Waals surface area contributed by atoms with Crippen LogP contribution in [0.3, 0.4) is 0 Å². The maximum absolute atomic E-state index is 11.4. The predicted octanol–water partition coefficient (Wildman–Crippen LogP) is 1.05. The molecule has 1 aromatic rings. The molecule has 1 aromatic carbocycles. The Kier molecular flexibility index (Phi) is 2.12. The summed E-state index contributed by atoms with van der Waals surface area (Å²) in [5.41, 5.74) is 0.825. The first kappa shape index (κ1) is 9.60. The highest BCUT2D eigenvalue weighted by Gasteiger charge is 2.33. The van der Waals surface area contributed by atoms with Gasteiger partial charge in [-0.2, -0.15) is 5.06 Å². The van der Waals surface area contributed by atoms with Crippen molar-refractivity contribution < 1.29 is 14.6 Å². The summed E-state index contributed by atoms with van der Waals surface area (Å²) < 4.78 is 0. The maximum atomic E-state index is 11.4. The number of nitro benzene ring substituents is 1. The summed E-state index contributed by atoms with van der Waals surface area (Å²) in [5.74, 6) is -0.290. The molecule has 15 heavy (non-hydrogen) atoms. The second-order valence-corrected chi connectivity index (χ2v) is 3.08. The van der Waals surface area contributed by atoms with Crippen LogP contribution in [-0.2, 0) is 16.1 Å². The summed E-state index contributed by atoms with van der Waals surface area (Å²) in [5, 5.41) is 11.8. The number of hydrogen-bond donors (Lipinski definition) is 0. The van der Waals surface area contributed by atoms with E-state index < -0.39 is 4.92 Å². The Bertz CT molecular complexity index is 444. The van der Waals surface area contributed by atoms with Crippen LogP contribution < -0.4 is 5.06 Å². The lowest BCUT2D eigenvalue weighted by molar-refractivity contribution is -0.385. The molecule has 0 radical (unpaired) electrons. The van der Waals surface area contributed by atoms with Crippen LogP contribution in [0.25, 0.3) is 0 Å². The molecular weight excluding hydrogens is 200 g/mol. The summed E-state index contributed by atoms with van der Waals surface area (Å²) in [6.07, 6.45) is 0.0142. The first-order valence-corrected chi connectivity index (χ1v) is 4.28. The van der Waals surface area contributed by atoms with Crippen LogP contribution in [0.5, 0.6) is 0 Å². The average molecular weight is 208 g/mol. The third-order valence-electron chi connectivity index (χ3n) is 2.28. The summed E-state index contributed by atoms with van der Waals surface area (Å²) in [6, 6.07) is 4.53. The Morgan fingerprint density at radius 2 is 2.27 bits per heavy atom. The first-order chi connectivity index (χ1) is 7.15. The second-order valence-electron chi connectivity index (χ2n) is 3.08. The van der Waals surface area contributed by atoms with E-state index in [1.54, 1.807) is 6.07 Å². The molecule has 0 aromatic heterocycles. The van der Waals surface area contributed by atoms with Gasteiger partial charge in [-0.25, -0.2) is 0 Å². The highest BCUT2D eigenvalue weighted by atomic mass is 16.7. The zero-order chi connectivity index (χ0) is 11.0. The number of carbonyl (C=O) groups excluding carboxylic acids is 1. The van der Waals surface area contributed by atoms with Crippen molar-refractivity contribution >= 4 is 17.3 Å². The van der Waals surface area contributed by atoms with E-state index in [4.69, 9.17) is 4.84 Å². The fraction of sp³-hybridized carbons (Fsp3) is 0.222. The molecule has 1 aliphatic heterocycles. The number of amides is 1. The summed E-state index contributed by atoms with van der Waals surface area (Å²) in [4.78, 5) is 26.5. The Hall–Kier alpha value is -1.95. The molecule has 0 atom stereocenters. The number of nitrogens with zero attached hydrogens (tertiary/aromatic N) is 2. The highest BCUT2D eigenvalue weighted by molar-refractivity contribution is 6.01. The van der Waals surface area contributed by atoms with Gasteiger partial charge < -0.3 is 0 Å². The lowest BCUT2D eigenvalue weighted by Gasteiger charge is -2.12. The van der Waals surface area contributed by atoms with E-state index in [2.05, 4.69) is 0 Å². The quantitative estimate of drug-likeness (QED) is 0.537. The minimum absolute atomic E-state index is 0.0142. The van der Waals surface area contributed by atoms with Gasteiger partial charge in [0.2, 0.25) is 0 Å². The maximum Gasteiger partial charge on any atom is 0.275 e. The minimum Gasteiger partial charge on any atom is -0.272 e. The first-order valence-electron chi connectivity index (χ1n) is 4.28. The van der Waals surface area contributed by atoms with E-state index in [1.165, 1.54) is 19.2 Å². The lowest BCUT2D eigenvalue weighted by atomic mass is 10.1. The van der Waals surface area contributed by atoms with Crippen LogP contribution in [0.4, 0.5) is 11.4 Å². The highest BCUT2D eigenvalue weighted by Crippen LogP contribution is 2.35. The molecule has 0 unspecified atom stereocenters. The Balaban J connectivity index is 2.57. The molecular formula is C9H8N2O4. The SMILES string of the molecule is CON1C(=O)Cc2c1cccc2[N+](=O)[O-]. The van der Waals surface area contributed by atoms with Crippen LogP contribution in [0, 0.1) is 10.1 Å². The molecule has 6 heteroatoms. The van der Waals surface area contributed by atoms with Gasteiger partial charge >= 0.3 is 0 Å². The van der Waals surface area contributed by atoms with Gasteiger partial charge in [0.1, 0.15) is 0 Å². The minimum atomic E-state index is -0.495. The van der Waals surface area contributed by atoms with Gasteiger partial charge in [0, 0.05) is 6.07 Å². The smallest absolute Gasteiger partial charge is 0.272 e. The van der Waals surface area contributed by atoms with Crippen molar-refractivity contribution in [2.24, 2.45) is 0 Å². The van der Waals surface area contributed by atoms with Crippen molar-refractivity contribution in [3.63, 3.8) is 0 Å². The largest absolute Gasteiger partial charge is 0.275 e. The molecule has 0 bridgehead atoms. The van der Waals surface area contributed by atoms with E-state index >= 15 is 0 Å². The number of carbonyl (C=O) groups is 1. The monoisotopic (exact) mass is 208 g/mol. The number of fused-ring (bicyclic) bond motifs is 1. The summed E-state index contributed by atoms with van der Waals surface area (Å²) in [7, 11) is 1.35. The predicted molar refractivity (Wildman–Crippen MR) is 51.3 cm³/mol. The molecule has 0 saturated heterocycles. The van der Waals surface area contributed by atoms with Crippen molar-refractivity contribution in [3.05, 3.63) is 33.9 Å². The van der Waals surface area contributed by atoms with E-state index in [1.807, 2.05) is 0 Å². The molecule has 0 N–H and O–H groups in total. The van der Waals surface area contributed by atoms with Gasteiger partial charge in [0.25, 0.3) is 11.6 Å². The average Bonchev–Trinajstić information content (AvgIpc) is 2.52. The van der Waals surface area contributed by atoms with Crippen LogP contribution in [0.1, 0.15) is 5.56 Å². The standard InChI is InChI=1S/C9H8N2O4/c1-15-10-7-3-2-4-8(11(13)14)6(7)5-9(10)12/h2-4H,5H2,1H3.